The first-order valence-corrected chi connectivity index (χ1v) is 21.4. The monoisotopic (exact) mass is 685 g/mol. The van der Waals surface area contributed by atoms with Crippen LogP contribution in [0, 0.1) is 11.6 Å². The molecule has 0 amide bonds. The van der Waals surface area contributed by atoms with Crippen molar-refractivity contribution in [1.29, 1.82) is 0 Å². The highest BCUT2D eigenvalue weighted by Gasteiger charge is 2.37. The molecule has 2 aromatic heterocycles. The second-order valence-corrected chi connectivity index (χ2v) is 24.8. The van der Waals surface area contributed by atoms with Gasteiger partial charge in [-0.1, -0.05) is 52.0 Å². The summed E-state index contributed by atoms with van der Waals surface area (Å²) in [6, 6.07) is 5.49. The maximum atomic E-state index is 15.6. The summed E-state index contributed by atoms with van der Waals surface area (Å²) in [4.78, 5) is 4.34. The maximum Gasteiger partial charge on any atom is 0.192 e. The highest BCUT2D eigenvalue weighted by Crippen LogP contribution is 2.44. The molecule has 0 spiro atoms. The van der Waals surface area contributed by atoms with Gasteiger partial charge >= 0.3 is 0 Å². The quantitative estimate of drug-likeness (QED) is 0.133. The summed E-state index contributed by atoms with van der Waals surface area (Å²) >= 11 is 10.0. The molecule has 0 bridgehead atoms. The molecular weight excluding hydrogens is 648 g/mol. The number of benzene rings is 1. The number of halogens is 4. The Morgan fingerprint density at radius 2 is 1.73 bits per heavy atom. The molecular formula is C28H39BrClF2N5O2Si2. The fourth-order valence-corrected chi connectivity index (χ4v) is 6.44. The predicted octanol–water partition coefficient (Wildman–Crippen LogP) is 9.01. The van der Waals surface area contributed by atoms with E-state index in [1.54, 1.807) is 10.9 Å². The zero-order valence-electron chi connectivity index (χ0n) is 24.9. The van der Waals surface area contributed by atoms with Crippen LogP contribution in [-0.2, 0) is 22.5 Å². The third-order valence-corrected chi connectivity index (χ3v) is 14.5. The van der Waals surface area contributed by atoms with Crippen LogP contribution in [0.4, 0.5) is 20.2 Å². The topological polar surface area (TPSA) is 73.2 Å². The average molecular weight is 687 g/mol. The largest absolute Gasteiger partial charge is 0.413 e. The third-order valence-electron chi connectivity index (χ3n) is 7.67. The van der Waals surface area contributed by atoms with Crippen molar-refractivity contribution in [3.63, 3.8) is 0 Å². The van der Waals surface area contributed by atoms with Gasteiger partial charge in [0.25, 0.3) is 0 Å². The second kappa shape index (κ2) is 12.0. The lowest BCUT2D eigenvalue weighted by Gasteiger charge is -2.36. The van der Waals surface area contributed by atoms with Crippen molar-refractivity contribution in [3.8, 4) is 11.3 Å². The second-order valence-electron chi connectivity index (χ2n) is 13.2. The summed E-state index contributed by atoms with van der Waals surface area (Å²) in [7, 11) is -3.37. The van der Waals surface area contributed by atoms with Gasteiger partial charge in [-0.2, -0.15) is 5.10 Å². The molecule has 224 valence electrons. The number of rotatable bonds is 9. The highest BCUT2D eigenvalue weighted by atomic mass is 79.9. The molecule has 2 N–H and O–H groups in total. The van der Waals surface area contributed by atoms with E-state index in [0.29, 0.717) is 39.4 Å². The minimum atomic E-state index is -2.10. The zero-order chi connectivity index (χ0) is 30.3. The van der Waals surface area contributed by atoms with Crippen LogP contribution in [-0.4, -0.2) is 37.8 Å². The molecule has 13 heteroatoms. The van der Waals surface area contributed by atoms with Gasteiger partial charge in [-0.25, -0.2) is 18.4 Å². The SMILES string of the molecule is CC(C)(C)[Si](C)(C)OCc1cc(F)c(C2Nc3cnc(Br)cc3-c3c(c(Cl)nn3COCC[Si](C)(C)C)N2)c(F)c1. The van der Waals surface area contributed by atoms with Crippen LogP contribution in [0.2, 0.25) is 49.0 Å². The molecule has 0 aliphatic carbocycles. The number of hydrogen-bond donors (Lipinski definition) is 2. The zero-order valence-corrected chi connectivity index (χ0v) is 29.2. The minimum Gasteiger partial charge on any atom is -0.413 e. The Bertz CT molecular complexity index is 1400. The molecule has 0 saturated carbocycles. The van der Waals surface area contributed by atoms with E-state index in [9.17, 15) is 0 Å². The molecule has 1 aliphatic rings. The summed E-state index contributed by atoms with van der Waals surface area (Å²) < 4.78 is 45.7. The first-order chi connectivity index (χ1) is 19.0. The summed E-state index contributed by atoms with van der Waals surface area (Å²) in [6.07, 6.45) is 0.619. The number of anilines is 2. The number of fused-ring (bicyclic) bond motifs is 3. The number of hydrogen-bond acceptors (Lipinski definition) is 6. The Hall–Kier alpha value is -1.84. The van der Waals surface area contributed by atoms with Gasteiger partial charge in [-0.05, 0) is 63.9 Å². The Kier molecular flexibility index (Phi) is 9.42. The first kappa shape index (κ1) is 32.1. The summed E-state index contributed by atoms with van der Waals surface area (Å²) in [6.45, 7) is 18.4. The van der Waals surface area contributed by atoms with E-state index < -0.39 is 34.2 Å². The molecule has 1 aromatic carbocycles. The van der Waals surface area contributed by atoms with E-state index in [1.807, 2.05) is 6.07 Å². The van der Waals surface area contributed by atoms with Crippen LogP contribution < -0.4 is 10.6 Å². The van der Waals surface area contributed by atoms with Gasteiger partial charge in [0, 0.05) is 20.2 Å². The van der Waals surface area contributed by atoms with Crippen molar-refractivity contribution in [3.05, 3.63) is 56.9 Å². The van der Waals surface area contributed by atoms with Crippen molar-refractivity contribution in [2.24, 2.45) is 0 Å². The van der Waals surface area contributed by atoms with Crippen LogP contribution >= 0.6 is 27.5 Å². The normalized spacial score (nSPS) is 15.6. The van der Waals surface area contributed by atoms with Crippen molar-refractivity contribution >= 4 is 55.3 Å². The Morgan fingerprint density at radius 1 is 1.07 bits per heavy atom. The minimum absolute atomic E-state index is 0.0184. The standard InChI is InChI=1S/C28H39BrClF2N5O2Si2/c1-28(2,3)41(7,8)39-15-17-11-19(31)23(20(32)12-17)27-34-21-14-33-22(29)13-18(21)25-24(35-27)26(30)36-37(25)16-38-9-10-40(4,5)6/h11-14,27,34-35H,9-10,15-16H2,1-8H3. The molecule has 0 fully saturated rings. The van der Waals surface area contributed by atoms with E-state index in [1.165, 1.54) is 12.1 Å². The van der Waals surface area contributed by atoms with Gasteiger partial charge in [0.1, 0.15) is 34.8 Å². The fourth-order valence-electron chi connectivity index (χ4n) is 4.15. The van der Waals surface area contributed by atoms with Gasteiger partial charge in [0.05, 0.1) is 29.7 Å². The number of aromatic nitrogens is 3. The Morgan fingerprint density at radius 3 is 2.34 bits per heavy atom. The predicted molar refractivity (Wildman–Crippen MR) is 171 cm³/mol. The van der Waals surface area contributed by atoms with E-state index in [-0.39, 0.29) is 29.1 Å². The van der Waals surface area contributed by atoms with E-state index in [0.717, 1.165) is 6.04 Å². The number of ether oxygens (including phenoxy) is 1. The molecule has 41 heavy (non-hydrogen) atoms. The molecule has 3 aromatic rings. The van der Waals surface area contributed by atoms with E-state index >= 15 is 8.78 Å². The van der Waals surface area contributed by atoms with E-state index in [2.05, 4.69) is 90.2 Å². The number of nitrogens with zero attached hydrogens (tertiary/aromatic N) is 3. The molecule has 1 atom stereocenters. The lowest BCUT2D eigenvalue weighted by atomic mass is 10.1. The Balaban J connectivity index is 1.67. The van der Waals surface area contributed by atoms with Crippen molar-refractivity contribution in [1.82, 2.24) is 14.8 Å². The van der Waals surface area contributed by atoms with Crippen LogP contribution in [0.1, 0.15) is 38.1 Å². The van der Waals surface area contributed by atoms with Crippen molar-refractivity contribution in [2.75, 3.05) is 17.2 Å². The molecule has 0 saturated heterocycles. The van der Waals surface area contributed by atoms with Crippen LogP contribution in [0.3, 0.4) is 0 Å². The molecule has 1 aliphatic heterocycles. The summed E-state index contributed by atoms with van der Waals surface area (Å²) in [5.74, 6) is -1.39. The molecule has 7 nitrogen and oxygen atoms in total. The number of nitrogens with one attached hydrogen (secondary N) is 2. The first-order valence-electron chi connectivity index (χ1n) is 13.6. The van der Waals surface area contributed by atoms with Crippen LogP contribution in [0.15, 0.2) is 29.0 Å². The molecule has 1 unspecified atom stereocenters. The average Bonchev–Trinajstić information content (AvgIpc) is 3.03. The van der Waals surface area contributed by atoms with Gasteiger partial charge in [-0.15, -0.1) is 0 Å². The van der Waals surface area contributed by atoms with E-state index in [4.69, 9.17) is 20.8 Å². The van der Waals surface area contributed by atoms with Gasteiger partial charge in [0.15, 0.2) is 13.5 Å². The fraction of sp³-hybridized carbons (Fsp3) is 0.500. The van der Waals surface area contributed by atoms with Crippen LogP contribution in [0.5, 0.6) is 0 Å². The van der Waals surface area contributed by atoms with Crippen LogP contribution in [0.25, 0.3) is 11.3 Å². The molecule has 0 radical (unpaired) electrons. The highest BCUT2D eigenvalue weighted by molar-refractivity contribution is 9.10. The smallest absolute Gasteiger partial charge is 0.192 e. The lowest BCUT2D eigenvalue weighted by Crippen LogP contribution is -2.40. The van der Waals surface area contributed by atoms with Crippen molar-refractivity contribution < 1.29 is 17.9 Å². The third kappa shape index (κ3) is 7.39. The lowest BCUT2D eigenvalue weighted by molar-refractivity contribution is 0.0798. The Labute approximate surface area is 256 Å². The molecule has 4 rings (SSSR count). The number of pyridine rings is 1. The summed E-state index contributed by atoms with van der Waals surface area (Å²) in [5, 5.41) is 11.1. The maximum absolute atomic E-state index is 15.6. The summed E-state index contributed by atoms with van der Waals surface area (Å²) in [5.41, 5.74) is 2.63. The van der Waals surface area contributed by atoms with Gasteiger partial charge in [-0.3, -0.25) is 0 Å². The van der Waals surface area contributed by atoms with Gasteiger partial charge in [0.2, 0.25) is 0 Å². The van der Waals surface area contributed by atoms with Crippen molar-refractivity contribution in [2.45, 2.75) is 84.1 Å². The molecule has 3 heterocycles. The van der Waals surface area contributed by atoms with Gasteiger partial charge < -0.3 is 19.8 Å².